The molecular weight excluding hydrogens is 460 g/mol. The number of anilines is 2. The Bertz CT molecular complexity index is 1300. The average Bonchev–Trinajstić information content (AvgIpc) is 3.36. The first kappa shape index (κ1) is 22.1. The van der Waals surface area contributed by atoms with Gasteiger partial charge in [-0.15, -0.1) is 0 Å². The second-order valence-electron chi connectivity index (χ2n) is 8.03. The van der Waals surface area contributed by atoms with Gasteiger partial charge in [0.1, 0.15) is 5.52 Å². The second kappa shape index (κ2) is 8.54. The Morgan fingerprint density at radius 2 is 1.91 bits per heavy atom. The summed E-state index contributed by atoms with van der Waals surface area (Å²) in [5.41, 5.74) is 0.893. The third-order valence-electron chi connectivity index (χ3n) is 5.87. The minimum absolute atomic E-state index is 0.0134. The fraction of sp³-hybridized carbons (Fsp3) is 0.364. The summed E-state index contributed by atoms with van der Waals surface area (Å²) in [6.07, 6.45) is -2.71. The first-order valence-electron chi connectivity index (χ1n) is 10.5. The number of β-amino-alcohol motifs (C(OH)–C–C–N with tert-alkyl or cyclic N) is 1. The van der Waals surface area contributed by atoms with E-state index in [2.05, 4.69) is 20.2 Å². The number of hydrogen-bond acceptors (Lipinski definition) is 7. The number of aliphatic hydroxyl groups excluding tert-OH is 1. The van der Waals surface area contributed by atoms with Crippen LogP contribution in [-0.2, 0) is 6.18 Å². The summed E-state index contributed by atoms with van der Waals surface area (Å²) in [6.45, 7) is 2.44. The van der Waals surface area contributed by atoms with Crippen LogP contribution in [-0.4, -0.2) is 46.2 Å². The molecule has 0 amide bonds. The molecule has 2 aromatic heterocycles. The zero-order valence-corrected chi connectivity index (χ0v) is 18.1. The van der Waals surface area contributed by atoms with Gasteiger partial charge < -0.3 is 14.4 Å². The number of nitrogens with one attached hydrogen (secondary N) is 1. The summed E-state index contributed by atoms with van der Waals surface area (Å²) >= 11 is 1.03. The molecule has 0 spiro atoms. The van der Waals surface area contributed by atoms with Crippen molar-refractivity contribution in [1.82, 2.24) is 14.9 Å². The zero-order valence-electron chi connectivity index (χ0n) is 17.3. The van der Waals surface area contributed by atoms with Gasteiger partial charge >= 0.3 is 12.2 Å². The summed E-state index contributed by atoms with van der Waals surface area (Å²) in [4.78, 5) is 10.8. The number of aromatic nitrogens is 2. The van der Waals surface area contributed by atoms with E-state index in [1.165, 1.54) is 12.1 Å². The van der Waals surface area contributed by atoms with Crippen molar-refractivity contribution < 1.29 is 27.1 Å². The molecule has 1 saturated heterocycles. The number of alkyl halides is 3. The quantitative estimate of drug-likeness (QED) is 0.367. The Kier molecular flexibility index (Phi) is 5.71. The predicted octanol–water partition coefficient (Wildman–Crippen LogP) is 5.51. The van der Waals surface area contributed by atoms with Crippen LogP contribution in [0.4, 0.5) is 28.7 Å². The Balaban J connectivity index is 1.37. The molecule has 1 fully saturated rings. The Morgan fingerprint density at radius 3 is 2.64 bits per heavy atom. The summed E-state index contributed by atoms with van der Waals surface area (Å²) in [6, 6.07) is 6.64. The van der Waals surface area contributed by atoms with Gasteiger partial charge in [-0.2, -0.15) is 18.2 Å². The van der Waals surface area contributed by atoms with Crippen LogP contribution in [0.5, 0.6) is 0 Å². The molecule has 174 valence electrons. The van der Waals surface area contributed by atoms with E-state index < -0.39 is 17.6 Å². The molecule has 0 atom stereocenters. The fourth-order valence-corrected chi connectivity index (χ4v) is 5.07. The normalized spacial score (nSPS) is 16.2. The SMILES string of the molecule is OCCN1CCC(c2cc(F)c3oc(Nc4nc5ccc(C(F)(F)F)cc5s4)nc3c2)CC1. The lowest BCUT2D eigenvalue weighted by Gasteiger charge is -2.31. The predicted molar refractivity (Wildman–Crippen MR) is 117 cm³/mol. The van der Waals surface area contributed by atoms with Gasteiger partial charge in [0.15, 0.2) is 16.5 Å². The van der Waals surface area contributed by atoms with Crippen LogP contribution >= 0.6 is 11.3 Å². The van der Waals surface area contributed by atoms with Crippen molar-refractivity contribution in [2.45, 2.75) is 24.9 Å². The van der Waals surface area contributed by atoms with Crippen molar-refractivity contribution in [2.75, 3.05) is 31.6 Å². The van der Waals surface area contributed by atoms with Crippen molar-refractivity contribution in [3.05, 3.63) is 47.3 Å². The van der Waals surface area contributed by atoms with Crippen LogP contribution in [0.25, 0.3) is 21.3 Å². The fourth-order valence-electron chi connectivity index (χ4n) is 4.18. The number of fused-ring (bicyclic) bond motifs is 2. The van der Waals surface area contributed by atoms with Crippen LogP contribution in [0, 0.1) is 5.82 Å². The molecule has 0 aliphatic carbocycles. The summed E-state index contributed by atoms with van der Waals surface area (Å²) in [5.74, 6) is -0.320. The van der Waals surface area contributed by atoms with Gasteiger partial charge in [0.2, 0.25) is 0 Å². The van der Waals surface area contributed by atoms with Gasteiger partial charge in [-0.05, 0) is 67.7 Å². The van der Waals surface area contributed by atoms with E-state index in [4.69, 9.17) is 9.52 Å². The maximum absolute atomic E-state index is 14.8. The lowest BCUT2D eigenvalue weighted by atomic mass is 9.89. The molecule has 1 aliphatic heterocycles. The number of halogens is 4. The zero-order chi connectivity index (χ0) is 23.2. The number of rotatable bonds is 5. The molecule has 2 aromatic carbocycles. The lowest BCUT2D eigenvalue weighted by molar-refractivity contribution is -0.137. The number of oxazole rings is 1. The molecule has 0 saturated carbocycles. The van der Waals surface area contributed by atoms with Crippen molar-refractivity contribution >= 4 is 43.8 Å². The summed E-state index contributed by atoms with van der Waals surface area (Å²) in [5, 5.41) is 12.2. The number of piperidine rings is 1. The molecule has 3 heterocycles. The Hall–Kier alpha value is -2.76. The highest BCUT2D eigenvalue weighted by molar-refractivity contribution is 7.22. The molecular formula is C22H20F4N4O2S. The van der Waals surface area contributed by atoms with Crippen molar-refractivity contribution in [2.24, 2.45) is 0 Å². The molecule has 2 N–H and O–H groups in total. The highest BCUT2D eigenvalue weighted by Gasteiger charge is 2.31. The molecule has 6 nitrogen and oxygen atoms in total. The monoisotopic (exact) mass is 480 g/mol. The van der Waals surface area contributed by atoms with Crippen molar-refractivity contribution in [3.63, 3.8) is 0 Å². The number of nitrogens with zero attached hydrogens (tertiary/aromatic N) is 3. The van der Waals surface area contributed by atoms with Crippen LogP contribution in [0.15, 0.2) is 34.7 Å². The van der Waals surface area contributed by atoms with E-state index in [9.17, 15) is 17.6 Å². The van der Waals surface area contributed by atoms with Crippen LogP contribution in [0.3, 0.4) is 0 Å². The number of hydrogen-bond donors (Lipinski definition) is 2. The van der Waals surface area contributed by atoms with Gasteiger partial charge in [-0.25, -0.2) is 9.37 Å². The Morgan fingerprint density at radius 1 is 1.12 bits per heavy atom. The van der Waals surface area contributed by atoms with Gasteiger partial charge in [-0.1, -0.05) is 11.3 Å². The first-order valence-corrected chi connectivity index (χ1v) is 11.3. The third-order valence-corrected chi connectivity index (χ3v) is 6.81. The standard InChI is InChI=1S/C22H20F4N4O2S/c23-15-9-13(12-3-5-30(6-4-12)7-8-31)10-17-19(15)32-20(27-17)29-21-28-16-2-1-14(22(24,25)26)11-18(16)33-21/h1-2,9-12,31H,3-8H2,(H,27,28,29). The number of benzene rings is 2. The molecule has 5 rings (SSSR count). The van der Waals surface area contributed by atoms with Gasteiger partial charge in [0.05, 0.1) is 22.4 Å². The minimum Gasteiger partial charge on any atom is -0.420 e. The molecule has 1 aliphatic rings. The van der Waals surface area contributed by atoms with Gasteiger partial charge in [0, 0.05) is 6.54 Å². The highest BCUT2D eigenvalue weighted by Crippen LogP contribution is 2.36. The molecule has 0 bridgehead atoms. The smallest absolute Gasteiger partial charge is 0.416 e. The van der Waals surface area contributed by atoms with E-state index in [0.717, 1.165) is 55.0 Å². The van der Waals surface area contributed by atoms with Gasteiger partial charge in [0.25, 0.3) is 0 Å². The van der Waals surface area contributed by atoms with E-state index >= 15 is 0 Å². The summed E-state index contributed by atoms with van der Waals surface area (Å²) in [7, 11) is 0. The van der Waals surface area contributed by atoms with E-state index in [1.807, 2.05) is 6.07 Å². The number of likely N-dealkylation sites (tertiary alicyclic amines) is 1. The third kappa shape index (κ3) is 4.53. The Labute approximate surface area is 189 Å². The minimum atomic E-state index is -4.43. The van der Waals surface area contributed by atoms with Crippen LogP contribution < -0.4 is 5.32 Å². The lowest BCUT2D eigenvalue weighted by Crippen LogP contribution is -2.34. The topological polar surface area (TPSA) is 74.4 Å². The maximum Gasteiger partial charge on any atom is 0.416 e. The van der Waals surface area contributed by atoms with E-state index in [0.29, 0.717) is 27.4 Å². The first-order chi connectivity index (χ1) is 15.8. The molecule has 0 radical (unpaired) electrons. The molecule has 4 aromatic rings. The number of thiazole rings is 1. The van der Waals surface area contributed by atoms with Crippen LogP contribution in [0.1, 0.15) is 29.9 Å². The molecule has 33 heavy (non-hydrogen) atoms. The molecule has 11 heteroatoms. The summed E-state index contributed by atoms with van der Waals surface area (Å²) < 4.78 is 59.5. The van der Waals surface area contributed by atoms with E-state index in [1.54, 1.807) is 0 Å². The average molecular weight is 480 g/mol. The maximum atomic E-state index is 14.8. The van der Waals surface area contributed by atoms with Crippen LogP contribution in [0.2, 0.25) is 0 Å². The van der Waals surface area contributed by atoms with E-state index in [-0.39, 0.29) is 24.1 Å². The molecule has 0 unspecified atom stereocenters. The van der Waals surface area contributed by atoms with Crippen molar-refractivity contribution in [3.8, 4) is 0 Å². The van der Waals surface area contributed by atoms with Gasteiger partial charge in [-0.3, -0.25) is 5.32 Å². The second-order valence-corrected chi connectivity index (χ2v) is 9.06. The number of aliphatic hydroxyl groups is 1. The van der Waals surface area contributed by atoms with Crippen molar-refractivity contribution in [1.29, 1.82) is 0 Å². The highest BCUT2D eigenvalue weighted by atomic mass is 32.1. The largest absolute Gasteiger partial charge is 0.420 e.